The molecule has 3 aromatic rings. The first-order chi connectivity index (χ1) is 10.7. The van der Waals surface area contributed by atoms with Gasteiger partial charge in [0, 0.05) is 4.88 Å². The molecule has 0 bridgehead atoms. The van der Waals surface area contributed by atoms with Crippen LogP contribution in [0.3, 0.4) is 0 Å². The van der Waals surface area contributed by atoms with Gasteiger partial charge in [0.15, 0.2) is 0 Å². The Morgan fingerprint density at radius 1 is 1.41 bits per heavy atom. The second-order valence-electron chi connectivity index (χ2n) is 5.96. The van der Waals surface area contributed by atoms with Gasteiger partial charge in [0.2, 0.25) is 5.95 Å². The van der Waals surface area contributed by atoms with E-state index < -0.39 is 0 Å². The zero-order valence-electron chi connectivity index (χ0n) is 12.3. The average molecular weight is 311 g/mol. The summed E-state index contributed by atoms with van der Waals surface area (Å²) in [6, 6.07) is 9.80. The third-order valence-electron chi connectivity index (χ3n) is 4.17. The minimum absolute atomic E-state index is 0.0777. The molecule has 0 unspecified atom stereocenters. The molecule has 1 aliphatic carbocycles. The lowest BCUT2D eigenvalue weighted by Gasteiger charge is -2.16. The van der Waals surface area contributed by atoms with Crippen LogP contribution >= 0.6 is 11.3 Å². The van der Waals surface area contributed by atoms with E-state index in [1.165, 1.54) is 16.9 Å². The summed E-state index contributed by atoms with van der Waals surface area (Å²) in [5.74, 6) is 1.14. The van der Waals surface area contributed by atoms with Gasteiger partial charge in [0.1, 0.15) is 0 Å². The van der Waals surface area contributed by atoms with Gasteiger partial charge in [-0.05, 0) is 48.9 Å². The number of H-pyrrole nitrogens is 1. The number of carbonyl (C=O) groups is 1. The van der Waals surface area contributed by atoms with Gasteiger partial charge in [-0.15, -0.1) is 11.3 Å². The van der Waals surface area contributed by atoms with Crippen LogP contribution in [0.25, 0.3) is 11.0 Å². The highest BCUT2D eigenvalue weighted by Gasteiger charge is 2.21. The van der Waals surface area contributed by atoms with Crippen molar-refractivity contribution in [3.8, 4) is 0 Å². The van der Waals surface area contributed by atoms with Crippen LogP contribution in [0.4, 0.5) is 5.95 Å². The number of hydrogen-bond acceptors (Lipinski definition) is 3. The first-order valence-electron chi connectivity index (χ1n) is 7.57. The van der Waals surface area contributed by atoms with E-state index in [2.05, 4.69) is 22.2 Å². The minimum atomic E-state index is -0.0777. The van der Waals surface area contributed by atoms with Gasteiger partial charge in [-0.1, -0.05) is 19.1 Å². The van der Waals surface area contributed by atoms with Crippen LogP contribution in [-0.2, 0) is 12.8 Å². The highest BCUT2D eigenvalue weighted by atomic mass is 32.1. The van der Waals surface area contributed by atoms with Crippen molar-refractivity contribution in [2.45, 2.75) is 26.2 Å². The van der Waals surface area contributed by atoms with E-state index in [1.807, 2.05) is 30.3 Å². The standard InChI is InChI=1S/C17H17N3OS/c1-10-6-7-14-11(8-10)9-15(22-14)16(21)20-17-18-12-4-2-3-5-13(12)19-17/h2-5,9-10H,6-8H2,1H3,(H2,18,19,20,21)/t10-/m1/s1. The van der Waals surface area contributed by atoms with Gasteiger partial charge in [-0.3, -0.25) is 10.1 Å². The molecule has 1 amide bonds. The Balaban J connectivity index is 1.57. The van der Waals surface area contributed by atoms with E-state index in [9.17, 15) is 4.79 Å². The summed E-state index contributed by atoms with van der Waals surface area (Å²) >= 11 is 1.62. The lowest BCUT2D eigenvalue weighted by Crippen LogP contribution is -2.11. The number of rotatable bonds is 2. The molecule has 0 spiro atoms. The SMILES string of the molecule is C[C@@H]1CCc2sc(C(=O)Nc3nc4ccccc4[nH]3)cc2C1. The topological polar surface area (TPSA) is 57.8 Å². The minimum Gasteiger partial charge on any atom is -0.324 e. The largest absolute Gasteiger partial charge is 0.324 e. The Morgan fingerprint density at radius 2 is 2.27 bits per heavy atom. The van der Waals surface area contributed by atoms with E-state index in [1.54, 1.807) is 11.3 Å². The lowest BCUT2D eigenvalue weighted by atomic mass is 9.90. The molecule has 4 rings (SSSR count). The van der Waals surface area contributed by atoms with Gasteiger partial charge < -0.3 is 4.98 Å². The third-order valence-corrected chi connectivity index (χ3v) is 5.41. The van der Waals surface area contributed by atoms with Gasteiger partial charge in [0.05, 0.1) is 15.9 Å². The molecule has 1 aliphatic rings. The number of anilines is 1. The van der Waals surface area contributed by atoms with Gasteiger partial charge in [-0.25, -0.2) is 4.98 Å². The molecule has 4 nitrogen and oxygen atoms in total. The maximum Gasteiger partial charge on any atom is 0.268 e. The van der Waals surface area contributed by atoms with E-state index in [4.69, 9.17) is 0 Å². The molecule has 0 saturated carbocycles. The third kappa shape index (κ3) is 2.41. The highest BCUT2D eigenvalue weighted by molar-refractivity contribution is 7.14. The van der Waals surface area contributed by atoms with Crippen molar-refractivity contribution < 1.29 is 4.79 Å². The average Bonchev–Trinajstić information content (AvgIpc) is 3.09. The van der Waals surface area contributed by atoms with E-state index in [0.29, 0.717) is 11.9 Å². The number of benzene rings is 1. The molecule has 0 radical (unpaired) electrons. The number of carbonyl (C=O) groups excluding carboxylic acids is 1. The molecular weight excluding hydrogens is 294 g/mol. The number of aromatic nitrogens is 2. The summed E-state index contributed by atoms with van der Waals surface area (Å²) in [5.41, 5.74) is 3.13. The number of hydrogen-bond donors (Lipinski definition) is 2. The first-order valence-corrected chi connectivity index (χ1v) is 8.38. The molecule has 0 saturated heterocycles. The van der Waals surface area contributed by atoms with Gasteiger partial charge in [0.25, 0.3) is 5.91 Å². The molecule has 2 aromatic heterocycles. The second-order valence-corrected chi connectivity index (χ2v) is 7.10. The summed E-state index contributed by atoms with van der Waals surface area (Å²) in [4.78, 5) is 22.1. The maximum absolute atomic E-state index is 12.4. The monoisotopic (exact) mass is 311 g/mol. The van der Waals surface area contributed by atoms with Crippen molar-refractivity contribution in [2.24, 2.45) is 5.92 Å². The number of thiophene rings is 1. The summed E-state index contributed by atoms with van der Waals surface area (Å²) in [6.07, 6.45) is 3.40. The molecule has 22 heavy (non-hydrogen) atoms. The predicted molar refractivity (Wildman–Crippen MR) is 89.6 cm³/mol. The van der Waals surface area contributed by atoms with Crippen molar-refractivity contribution in [1.29, 1.82) is 0 Å². The number of imidazole rings is 1. The molecule has 2 heterocycles. The van der Waals surface area contributed by atoms with E-state index in [0.717, 1.165) is 28.8 Å². The highest BCUT2D eigenvalue weighted by Crippen LogP contribution is 2.32. The fourth-order valence-electron chi connectivity index (χ4n) is 3.00. The van der Waals surface area contributed by atoms with E-state index in [-0.39, 0.29) is 5.91 Å². The Bertz CT molecular complexity index is 816. The van der Waals surface area contributed by atoms with Gasteiger partial charge in [-0.2, -0.15) is 0 Å². The van der Waals surface area contributed by atoms with Crippen LogP contribution in [0.1, 0.15) is 33.5 Å². The Morgan fingerprint density at radius 3 is 3.14 bits per heavy atom. The second kappa shape index (κ2) is 5.25. The van der Waals surface area contributed by atoms with Crippen LogP contribution in [0.5, 0.6) is 0 Å². The van der Waals surface area contributed by atoms with E-state index >= 15 is 0 Å². The lowest BCUT2D eigenvalue weighted by molar-refractivity contribution is 0.102. The molecule has 1 aromatic carbocycles. The summed E-state index contributed by atoms with van der Waals surface area (Å²) in [6.45, 7) is 2.27. The first kappa shape index (κ1) is 13.5. The van der Waals surface area contributed by atoms with Crippen molar-refractivity contribution in [1.82, 2.24) is 9.97 Å². The molecule has 0 aliphatic heterocycles. The number of fused-ring (bicyclic) bond motifs is 2. The number of para-hydroxylation sites is 2. The number of aromatic amines is 1. The predicted octanol–water partition coefficient (Wildman–Crippen LogP) is 4.00. The fraction of sp³-hybridized carbons (Fsp3) is 0.294. The Kier molecular flexibility index (Phi) is 3.22. The summed E-state index contributed by atoms with van der Waals surface area (Å²) < 4.78 is 0. The summed E-state index contributed by atoms with van der Waals surface area (Å²) in [7, 11) is 0. The van der Waals surface area contributed by atoms with Crippen molar-refractivity contribution >= 4 is 34.2 Å². The number of nitrogens with one attached hydrogen (secondary N) is 2. The number of amides is 1. The zero-order valence-corrected chi connectivity index (χ0v) is 13.2. The van der Waals surface area contributed by atoms with Crippen molar-refractivity contribution in [3.63, 3.8) is 0 Å². The van der Waals surface area contributed by atoms with Crippen molar-refractivity contribution in [2.75, 3.05) is 5.32 Å². The van der Waals surface area contributed by atoms with Crippen LogP contribution < -0.4 is 5.32 Å². The van der Waals surface area contributed by atoms with Crippen LogP contribution in [0.15, 0.2) is 30.3 Å². The summed E-state index contributed by atoms with van der Waals surface area (Å²) in [5, 5.41) is 2.87. The normalized spacial score (nSPS) is 17.4. The van der Waals surface area contributed by atoms with Crippen LogP contribution in [0, 0.1) is 5.92 Å². The van der Waals surface area contributed by atoms with Gasteiger partial charge >= 0.3 is 0 Å². The molecule has 1 atom stereocenters. The Hall–Kier alpha value is -2.14. The quantitative estimate of drug-likeness (QED) is 0.751. The maximum atomic E-state index is 12.4. The zero-order chi connectivity index (χ0) is 15.1. The number of nitrogens with zero attached hydrogens (tertiary/aromatic N) is 1. The molecule has 5 heteroatoms. The molecular formula is C17H17N3OS. The Labute approximate surface area is 132 Å². The van der Waals surface area contributed by atoms with Crippen molar-refractivity contribution in [3.05, 3.63) is 45.6 Å². The molecule has 0 fully saturated rings. The molecule has 2 N–H and O–H groups in total. The van der Waals surface area contributed by atoms with Crippen LogP contribution in [0.2, 0.25) is 0 Å². The fourth-order valence-corrected chi connectivity index (χ4v) is 4.10. The molecule has 112 valence electrons. The number of aryl methyl sites for hydroxylation is 1. The van der Waals surface area contributed by atoms with Crippen LogP contribution in [-0.4, -0.2) is 15.9 Å². The smallest absolute Gasteiger partial charge is 0.268 e.